The predicted octanol–water partition coefficient (Wildman–Crippen LogP) is 2.64. The molecule has 2 N–H and O–H groups in total. The van der Waals surface area contributed by atoms with Gasteiger partial charge in [0.1, 0.15) is 0 Å². The molecule has 16 heavy (non-hydrogen) atoms. The molecule has 0 unspecified atom stereocenters. The summed E-state index contributed by atoms with van der Waals surface area (Å²) in [5, 5.41) is 4.27. The van der Waals surface area contributed by atoms with Gasteiger partial charge in [-0.25, -0.2) is 0 Å². The van der Waals surface area contributed by atoms with Crippen molar-refractivity contribution in [2.75, 3.05) is 24.7 Å². The van der Waals surface area contributed by atoms with Crippen LogP contribution in [0.4, 0.5) is 11.5 Å². The van der Waals surface area contributed by atoms with Gasteiger partial charge >= 0.3 is 0 Å². The molecule has 0 saturated carbocycles. The fourth-order valence-corrected chi connectivity index (χ4v) is 1.80. The Morgan fingerprint density at radius 3 is 2.69 bits per heavy atom. The van der Waals surface area contributed by atoms with Crippen LogP contribution in [0.3, 0.4) is 0 Å². The lowest BCUT2D eigenvalue weighted by Gasteiger charge is -2.16. The third-order valence-corrected chi connectivity index (χ3v) is 2.56. The number of rotatable bonds is 2. The van der Waals surface area contributed by atoms with Gasteiger partial charge in [-0.15, -0.1) is 0 Å². The summed E-state index contributed by atoms with van der Waals surface area (Å²) in [6.07, 6.45) is 0. The Kier molecular flexibility index (Phi) is 2.75. The van der Waals surface area contributed by atoms with E-state index in [1.54, 1.807) is 6.07 Å². The molecule has 5 heteroatoms. The van der Waals surface area contributed by atoms with Gasteiger partial charge in [0.15, 0.2) is 11.6 Å². The van der Waals surface area contributed by atoms with Crippen LogP contribution in [0.2, 0.25) is 5.02 Å². The largest absolute Gasteiger partial charge is 0.381 e. The van der Waals surface area contributed by atoms with E-state index in [4.69, 9.17) is 21.9 Å². The minimum atomic E-state index is 0.347. The maximum absolute atomic E-state index is 6.16. The molecule has 0 aliphatic heterocycles. The Bertz CT molecular complexity index is 508. The third kappa shape index (κ3) is 1.84. The lowest BCUT2D eigenvalue weighted by molar-refractivity contribution is 0.436. The van der Waals surface area contributed by atoms with Crippen molar-refractivity contribution in [1.82, 2.24) is 5.16 Å². The van der Waals surface area contributed by atoms with E-state index in [0.29, 0.717) is 16.6 Å². The molecule has 84 valence electrons. The number of nitrogens with zero attached hydrogens (tertiary/aromatic N) is 2. The van der Waals surface area contributed by atoms with Crippen LogP contribution >= 0.6 is 11.6 Å². The summed E-state index contributed by atoms with van der Waals surface area (Å²) in [7, 11) is 3.88. The molecule has 2 rings (SSSR count). The first-order chi connectivity index (χ1) is 7.59. The van der Waals surface area contributed by atoms with Gasteiger partial charge < -0.3 is 15.2 Å². The van der Waals surface area contributed by atoms with Gasteiger partial charge in [0.2, 0.25) is 0 Å². The van der Waals surface area contributed by atoms with Crippen molar-refractivity contribution in [3.63, 3.8) is 0 Å². The summed E-state index contributed by atoms with van der Waals surface area (Å²) < 4.78 is 5.14. The van der Waals surface area contributed by atoms with Gasteiger partial charge in [-0.2, -0.15) is 0 Å². The summed E-state index contributed by atoms with van der Waals surface area (Å²) in [4.78, 5) is 1.96. The van der Waals surface area contributed by atoms with Crippen molar-refractivity contribution in [2.24, 2.45) is 0 Å². The van der Waals surface area contributed by atoms with Crippen molar-refractivity contribution in [3.8, 4) is 11.3 Å². The fraction of sp³-hybridized carbons (Fsp3) is 0.182. The first-order valence-corrected chi connectivity index (χ1v) is 5.16. The maximum Gasteiger partial charge on any atom is 0.172 e. The average molecular weight is 238 g/mol. The minimum absolute atomic E-state index is 0.347. The van der Waals surface area contributed by atoms with Crippen LogP contribution in [0.15, 0.2) is 28.8 Å². The summed E-state index contributed by atoms with van der Waals surface area (Å²) in [5.74, 6) is 0.923. The van der Waals surface area contributed by atoms with Crippen LogP contribution in [0, 0.1) is 0 Å². The highest BCUT2D eigenvalue weighted by atomic mass is 35.5. The van der Waals surface area contributed by atoms with Crippen molar-refractivity contribution in [2.45, 2.75) is 0 Å². The summed E-state index contributed by atoms with van der Waals surface area (Å²) >= 11 is 6.16. The second kappa shape index (κ2) is 4.06. The van der Waals surface area contributed by atoms with Crippen LogP contribution in [0.5, 0.6) is 0 Å². The molecule has 1 heterocycles. The number of nitrogens with two attached hydrogens (primary N) is 1. The Labute approximate surface area is 98.6 Å². The third-order valence-electron chi connectivity index (χ3n) is 2.25. The fourth-order valence-electron chi connectivity index (χ4n) is 1.54. The molecule has 0 spiro atoms. The highest BCUT2D eigenvalue weighted by molar-refractivity contribution is 6.34. The van der Waals surface area contributed by atoms with Gasteiger partial charge in [-0.1, -0.05) is 22.8 Å². The van der Waals surface area contributed by atoms with E-state index in [1.807, 2.05) is 37.2 Å². The van der Waals surface area contributed by atoms with E-state index >= 15 is 0 Å². The normalized spacial score (nSPS) is 10.4. The Hall–Kier alpha value is -1.68. The summed E-state index contributed by atoms with van der Waals surface area (Å²) in [6, 6.07) is 7.32. The van der Waals surface area contributed by atoms with Crippen LogP contribution in [-0.2, 0) is 0 Å². The number of anilines is 2. The van der Waals surface area contributed by atoms with E-state index in [0.717, 1.165) is 11.3 Å². The van der Waals surface area contributed by atoms with E-state index in [9.17, 15) is 0 Å². The second-order valence-electron chi connectivity index (χ2n) is 3.64. The van der Waals surface area contributed by atoms with Crippen molar-refractivity contribution >= 4 is 23.1 Å². The zero-order valence-corrected chi connectivity index (χ0v) is 9.82. The lowest BCUT2D eigenvalue weighted by atomic mass is 10.1. The standard InChI is InChI=1S/C11H12ClN3O/c1-15(2)8-5-3-4-7(12)11(8)9-6-10(13)14-16-9/h3-6H,1-2H3,(H2,13,14). The summed E-state index contributed by atoms with van der Waals surface area (Å²) in [5.41, 5.74) is 7.30. The SMILES string of the molecule is CN(C)c1cccc(Cl)c1-c1cc(N)no1. The summed E-state index contributed by atoms with van der Waals surface area (Å²) in [6.45, 7) is 0. The molecule has 0 bridgehead atoms. The lowest BCUT2D eigenvalue weighted by Crippen LogP contribution is -2.09. The van der Waals surface area contributed by atoms with E-state index in [-0.39, 0.29) is 0 Å². The van der Waals surface area contributed by atoms with E-state index in [2.05, 4.69) is 5.16 Å². The van der Waals surface area contributed by atoms with Crippen molar-refractivity contribution < 1.29 is 4.52 Å². The predicted molar refractivity (Wildman–Crippen MR) is 65.7 cm³/mol. The number of halogens is 1. The Morgan fingerprint density at radius 1 is 1.38 bits per heavy atom. The van der Waals surface area contributed by atoms with Crippen molar-refractivity contribution in [3.05, 3.63) is 29.3 Å². The number of nitrogen functional groups attached to an aromatic ring is 1. The average Bonchev–Trinajstić information content (AvgIpc) is 2.64. The Balaban J connectivity index is 2.62. The molecule has 0 fully saturated rings. The zero-order chi connectivity index (χ0) is 11.7. The van der Waals surface area contributed by atoms with Gasteiger partial charge in [-0.3, -0.25) is 0 Å². The molecule has 0 saturated heterocycles. The van der Waals surface area contributed by atoms with Gasteiger partial charge in [0.05, 0.1) is 10.6 Å². The molecule has 0 amide bonds. The first-order valence-electron chi connectivity index (χ1n) is 4.78. The van der Waals surface area contributed by atoms with Crippen molar-refractivity contribution in [1.29, 1.82) is 0 Å². The van der Waals surface area contributed by atoms with Gasteiger partial charge in [-0.05, 0) is 12.1 Å². The number of hydrogen-bond donors (Lipinski definition) is 1. The van der Waals surface area contributed by atoms with Crippen LogP contribution in [0.1, 0.15) is 0 Å². The smallest absolute Gasteiger partial charge is 0.172 e. The first kappa shape index (κ1) is 10.8. The molecule has 1 aromatic carbocycles. The Morgan fingerprint density at radius 2 is 2.12 bits per heavy atom. The second-order valence-corrected chi connectivity index (χ2v) is 4.05. The minimum Gasteiger partial charge on any atom is -0.381 e. The molecule has 4 nitrogen and oxygen atoms in total. The monoisotopic (exact) mass is 237 g/mol. The highest BCUT2D eigenvalue weighted by Gasteiger charge is 2.15. The zero-order valence-electron chi connectivity index (χ0n) is 9.07. The van der Waals surface area contributed by atoms with Crippen LogP contribution in [0.25, 0.3) is 11.3 Å². The highest BCUT2D eigenvalue weighted by Crippen LogP contribution is 2.36. The molecule has 2 aromatic rings. The molecule has 0 aliphatic carbocycles. The number of aromatic nitrogens is 1. The molecule has 1 aromatic heterocycles. The molecule has 0 atom stereocenters. The van der Waals surface area contributed by atoms with Gasteiger partial charge in [0.25, 0.3) is 0 Å². The molecule has 0 radical (unpaired) electrons. The molecule has 0 aliphatic rings. The van der Waals surface area contributed by atoms with E-state index in [1.165, 1.54) is 0 Å². The molecular weight excluding hydrogens is 226 g/mol. The van der Waals surface area contributed by atoms with E-state index < -0.39 is 0 Å². The van der Waals surface area contributed by atoms with Crippen LogP contribution < -0.4 is 10.6 Å². The quantitative estimate of drug-likeness (QED) is 0.873. The molecular formula is C11H12ClN3O. The number of hydrogen-bond acceptors (Lipinski definition) is 4. The topological polar surface area (TPSA) is 55.3 Å². The van der Waals surface area contributed by atoms with Crippen LogP contribution in [-0.4, -0.2) is 19.3 Å². The van der Waals surface area contributed by atoms with Gasteiger partial charge in [0, 0.05) is 25.8 Å². The number of benzene rings is 1. The maximum atomic E-state index is 6.16.